The lowest BCUT2D eigenvalue weighted by molar-refractivity contribution is -0.141. The first-order valence-electron chi connectivity index (χ1n) is 9.84. The van der Waals surface area contributed by atoms with Crippen LogP contribution in [-0.2, 0) is 23.2 Å². The van der Waals surface area contributed by atoms with Crippen LogP contribution in [0.15, 0.2) is 60.8 Å². The maximum absolute atomic E-state index is 12.3. The summed E-state index contributed by atoms with van der Waals surface area (Å²) in [7, 11) is 1.73. The number of benzene rings is 2. The molecule has 7 heteroatoms. The Bertz CT molecular complexity index is 1170. The zero-order valence-corrected chi connectivity index (χ0v) is 17.0. The highest BCUT2D eigenvalue weighted by atomic mass is 16.5. The van der Waals surface area contributed by atoms with Crippen LogP contribution in [0.5, 0.6) is 0 Å². The molecule has 1 aromatic heterocycles. The fourth-order valence-corrected chi connectivity index (χ4v) is 3.10. The molecule has 1 aliphatic carbocycles. The van der Waals surface area contributed by atoms with Crippen LogP contribution in [0.1, 0.15) is 24.0 Å². The molecule has 0 radical (unpaired) electrons. The van der Waals surface area contributed by atoms with E-state index in [0.717, 1.165) is 22.3 Å². The van der Waals surface area contributed by atoms with Gasteiger partial charge in [-0.15, -0.1) is 0 Å². The zero-order valence-electron chi connectivity index (χ0n) is 17.0. The van der Waals surface area contributed by atoms with Crippen LogP contribution in [0.2, 0.25) is 0 Å². The summed E-state index contributed by atoms with van der Waals surface area (Å²) in [6.07, 6.45) is 2.29. The minimum Gasteiger partial charge on any atom is -0.480 e. The highest BCUT2D eigenvalue weighted by Gasteiger charge is 2.49. The summed E-state index contributed by atoms with van der Waals surface area (Å²) < 4.78 is 6.86. The molecule has 1 fully saturated rings. The van der Waals surface area contributed by atoms with Crippen molar-refractivity contribution in [2.45, 2.75) is 19.4 Å². The van der Waals surface area contributed by atoms with E-state index in [1.165, 1.54) is 0 Å². The van der Waals surface area contributed by atoms with Crippen molar-refractivity contribution in [3.63, 3.8) is 0 Å². The number of carboxylic acids is 1. The van der Waals surface area contributed by atoms with Gasteiger partial charge in [-0.3, -0.25) is 14.8 Å². The number of nitrogens with zero attached hydrogens (tertiary/aromatic N) is 2. The van der Waals surface area contributed by atoms with Gasteiger partial charge in [-0.25, -0.2) is 4.79 Å². The third-order valence-corrected chi connectivity index (χ3v) is 5.17. The van der Waals surface area contributed by atoms with E-state index in [-0.39, 0.29) is 6.61 Å². The molecule has 2 N–H and O–H groups in total. The Balaban J connectivity index is 1.45. The first kappa shape index (κ1) is 20.2. The van der Waals surface area contributed by atoms with Gasteiger partial charge in [-0.05, 0) is 36.1 Å². The molecule has 0 bridgehead atoms. The largest absolute Gasteiger partial charge is 0.480 e. The van der Waals surface area contributed by atoms with Gasteiger partial charge in [0.05, 0.1) is 6.20 Å². The summed E-state index contributed by atoms with van der Waals surface area (Å²) in [5.41, 5.74) is 2.34. The lowest BCUT2D eigenvalue weighted by Gasteiger charge is -2.10. The Labute approximate surface area is 179 Å². The monoisotopic (exact) mass is 415 g/mol. The summed E-state index contributed by atoms with van der Waals surface area (Å²) in [5.74, 6) is 5.48. The second-order valence-corrected chi connectivity index (χ2v) is 7.43. The standard InChI is InChI=1S/C24H21N3O4/c1-27-21(26-23(30)31-16-18-5-3-2-4-6-18)20(15-25-27)19-9-7-17(8-10-19)11-12-24(13-14-24)22(28)29/h2-10,15H,13-14,16H2,1H3,(H,26,30)(H,28,29). The lowest BCUT2D eigenvalue weighted by Crippen LogP contribution is -2.16. The number of ether oxygens (including phenoxy) is 1. The molecule has 0 atom stereocenters. The predicted octanol–water partition coefficient (Wildman–Crippen LogP) is 4.05. The summed E-state index contributed by atoms with van der Waals surface area (Å²) in [6, 6.07) is 16.8. The average molecular weight is 415 g/mol. The Morgan fingerprint density at radius 3 is 2.52 bits per heavy atom. The number of aromatic nitrogens is 2. The normalized spacial score (nSPS) is 13.6. The second kappa shape index (κ2) is 8.36. The van der Waals surface area contributed by atoms with E-state index in [1.54, 1.807) is 17.9 Å². The SMILES string of the molecule is Cn1ncc(-c2ccc(C#CC3(C(=O)O)CC3)cc2)c1NC(=O)OCc1ccccc1. The Kier molecular flexibility index (Phi) is 5.46. The lowest BCUT2D eigenvalue weighted by atomic mass is 10.0. The molecular weight excluding hydrogens is 394 g/mol. The summed E-state index contributed by atoms with van der Waals surface area (Å²) in [4.78, 5) is 23.5. The number of hydrogen-bond donors (Lipinski definition) is 2. The fourth-order valence-electron chi connectivity index (χ4n) is 3.10. The minimum absolute atomic E-state index is 0.172. The minimum atomic E-state index is -0.876. The van der Waals surface area contributed by atoms with E-state index >= 15 is 0 Å². The van der Waals surface area contributed by atoms with Gasteiger partial charge in [0.1, 0.15) is 17.8 Å². The van der Waals surface area contributed by atoms with Crippen molar-refractivity contribution in [2.24, 2.45) is 12.5 Å². The molecule has 3 aromatic rings. The predicted molar refractivity (Wildman–Crippen MR) is 115 cm³/mol. The van der Waals surface area contributed by atoms with Crippen molar-refractivity contribution in [2.75, 3.05) is 5.32 Å². The molecule has 1 amide bonds. The third kappa shape index (κ3) is 4.59. The summed E-state index contributed by atoms with van der Waals surface area (Å²) in [5, 5.41) is 16.2. The molecule has 156 valence electrons. The smallest absolute Gasteiger partial charge is 0.413 e. The van der Waals surface area contributed by atoms with Crippen molar-refractivity contribution in [1.29, 1.82) is 0 Å². The van der Waals surface area contributed by atoms with Gasteiger partial charge in [0, 0.05) is 18.2 Å². The van der Waals surface area contributed by atoms with Crippen LogP contribution < -0.4 is 5.32 Å². The molecule has 7 nitrogen and oxygen atoms in total. The number of carbonyl (C=O) groups excluding carboxylic acids is 1. The summed E-state index contributed by atoms with van der Waals surface area (Å²) >= 11 is 0. The molecule has 0 saturated heterocycles. The van der Waals surface area contributed by atoms with E-state index in [0.29, 0.717) is 18.7 Å². The van der Waals surface area contributed by atoms with Crippen molar-refractivity contribution >= 4 is 17.9 Å². The number of aryl methyl sites for hydroxylation is 1. The molecule has 0 unspecified atom stereocenters. The topological polar surface area (TPSA) is 93.5 Å². The Morgan fingerprint density at radius 1 is 1.16 bits per heavy atom. The highest BCUT2D eigenvalue weighted by Crippen LogP contribution is 2.45. The number of nitrogens with one attached hydrogen (secondary N) is 1. The molecule has 1 saturated carbocycles. The third-order valence-electron chi connectivity index (χ3n) is 5.17. The van der Waals surface area contributed by atoms with E-state index in [9.17, 15) is 14.7 Å². The van der Waals surface area contributed by atoms with Gasteiger partial charge in [-0.2, -0.15) is 5.10 Å². The van der Waals surface area contributed by atoms with Crippen LogP contribution in [0.4, 0.5) is 10.6 Å². The molecule has 4 rings (SSSR count). The number of aliphatic carboxylic acids is 1. The van der Waals surface area contributed by atoms with Crippen molar-refractivity contribution in [3.8, 4) is 23.0 Å². The van der Waals surface area contributed by atoms with Gasteiger partial charge in [-0.1, -0.05) is 54.3 Å². The molecule has 0 aliphatic heterocycles. The van der Waals surface area contributed by atoms with Crippen LogP contribution in [-0.4, -0.2) is 26.9 Å². The van der Waals surface area contributed by atoms with Gasteiger partial charge in [0.2, 0.25) is 0 Å². The molecule has 0 spiro atoms. The molecule has 31 heavy (non-hydrogen) atoms. The van der Waals surface area contributed by atoms with Gasteiger partial charge in [0.25, 0.3) is 0 Å². The maximum Gasteiger partial charge on any atom is 0.413 e. The van der Waals surface area contributed by atoms with Gasteiger partial charge < -0.3 is 9.84 Å². The summed E-state index contributed by atoms with van der Waals surface area (Å²) in [6.45, 7) is 0.172. The van der Waals surface area contributed by atoms with E-state index in [4.69, 9.17) is 4.74 Å². The zero-order chi connectivity index (χ0) is 21.8. The average Bonchev–Trinajstić information content (AvgIpc) is 3.51. The number of carbonyl (C=O) groups is 2. The molecule has 1 heterocycles. The van der Waals surface area contributed by atoms with Crippen molar-refractivity contribution in [3.05, 3.63) is 71.9 Å². The van der Waals surface area contributed by atoms with Crippen molar-refractivity contribution in [1.82, 2.24) is 9.78 Å². The van der Waals surface area contributed by atoms with Crippen LogP contribution in [0, 0.1) is 17.3 Å². The van der Waals surface area contributed by atoms with Gasteiger partial charge >= 0.3 is 12.1 Å². The highest BCUT2D eigenvalue weighted by molar-refractivity contribution is 5.89. The van der Waals surface area contributed by atoms with E-state index in [2.05, 4.69) is 22.3 Å². The number of anilines is 1. The first-order chi connectivity index (χ1) is 15.0. The Morgan fingerprint density at radius 2 is 1.87 bits per heavy atom. The number of carboxylic acid groups (broad SMARTS) is 1. The molecule has 2 aromatic carbocycles. The quantitative estimate of drug-likeness (QED) is 0.613. The molecule has 1 aliphatic rings. The maximum atomic E-state index is 12.3. The first-order valence-corrected chi connectivity index (χ1v) is 9.84. The fraction of sp³-hybridized carbons (Fsp3) is 0.208. The van der Waals surface area contributed by atoms with Crippen LogP contribution in [0.3, 0.4) is 0 Å². The van der Waals surface area contributed by atoms with E-state index in [1.807, 2.05) is 54.6 Å². The van der Waals surface area contributed by atoms with E-state index < -0.39 is 17.5 Å². The van der Waals surface area contributed by atoms with Crippen LogP contribution in [0.25, 0.3) is 11.1 Å². The second-order valence-electron chi connectivity index (χ2n) is 7.43. The van der Waals surface area contributed by atoms with Crippen molar-refractivity contribution < 1.29 is 19.4 Å². The van der Waals surface area contributed by atoms with Crippen LogP contribution >= 0.6 is 0 Å². The number of rotatable bonds is 5. The Hall–Kier alpha value is -4.05. The number of hydrogen-bond acceptors (Lipinski definition) is 4. The molecular formula is C24H21N3O4. The van der Waals surface area contributed by atoms with Gasteiger partial charge in [0.15, 0.2) is 0 Å². The number of amides is 1.